The van der Waals surface area contributed by atoms with Crippen molar-refractivity contribution in [2.45, 2.75) is 25.7 Å². The van der Waals surface area contributed by atoms with Crippen molar-refractivity contribution in [2.75, 3.05) is 57.5 Å². The summed E-state index contributed by atoms with van der Waals surface area (Å²) >= 11 is 16.8. The summed E-state index contributed by atoms with van der Waals surface area (Å²) in [6.45, 7) is 0. The summed E-state index contributed by atoms with van der Waals surface area (Å²) in [6, 6.07) is 0. The maximum Gasteiger partial charge on any atom is 0.00210 e. The predicted molar refractivity (Wildman–Crippen MR) is 115 cm³/mol. The van der Waals surface area contributed by atoms with Gasteiger partial charge in [-0.1, -0.05) is 0 Å². The zero-order valence-electron chi connectivity index (χ0n) is 12.4. The zero-order valence-corrected chi connectivity index (χ0v) is 17.5. The summed E-state index contributed by atoms with van der Waals surface area (Å²) in [5, 5.41) is 0. The van der Waals surface area contributed by atoms with Gasteiger partial charge in [0.05, 0.1) is 0 Å². The third-order valence-corrected chi connectivity index (χ3v) is 7.79. The van der Waals surface area contributed by atoms with Gasteiger partial charge in [-0.2, -0.15) is 72.3 Å². The van der Waals surface area contributed by atoms with Crippen molar-refractivity contribution in [1.29, 1.82) is 0 Å². The van der Waals surface area contributed by atoms with E-state index in [0.29, 0.717) is 0 Å². The molecular weight excluding hydrogens is 361 g/mol. The number of thioether (sulfide) groups is 4. The van der Waals surface area contributed by atoms with E-state index in [1.807, 2.05) is 11.8 Å². The Morgan fingerprint density at radius 1 is 0.400 bits per heavy atom. The van der Waals surface area contributed by atoms with Crippen LogP contribution in [0.15, 0.2) is 0 Å². The van der Waals surface area contributed by atoms with Crippen LogP contribution in [0.5, 0.6) is 0 Å². The molecule has 0 saturated heterocycles. The SMILES string of the molecule is SCCCSCCCSCCCSCCCSCCS. The minimum Gasteiger partial charge on any atom is -0.179 e. The third kappa shape index (κ3) is 20.1. The van der Waals surface area contributed by atoms with E-state index >= 15 is 0 Å². The van der Waals surface area contributed by atoms with E-state index < -0.39 is 0 Å². The molecule has 0 radical (unpaired) electrons. The van der Waals surface area contributed by atoms with E-state index in [1.54, 1.807) is 0 Å². The van der Waals surface area contributed by atoms with Crippen LogP contribution in [-0.4, -0.2) is 57.5 Å². The Morgan fingerprint density at radius 2 is 0.750 bits per heavy atom. The molecule has 0 heterocycles. The summed E-state index contributed by atoms with van der Waals surface area (Å²) in [5.41, 5.74) is 0. The summed E-state index contributed by atoms with van der Waals surface area (Å²) < 4.78 is 0. The third-order valence-electron chi connectivity index (χ3n) is 2.41. The van der Waals surface area contributed by atoms with Crippen molar-refractivity contribution in [2.24, 2.45) is 0 Å². The van der Waals surface area contributed by atoms with Crippen LogP contribution in [0.3, 0.4) is 0 Å². The highest BCUT2D eigenvalue weighted by Gasteiger charge is 1.94. The first-order valence-corrected chi connectivity index (χ1v) is 13.3. The summed E-state index contributed by atoms with van der Waals surface area (Å²) in [6.07, 6.45) is 5.37. The second-order valence-corrected chi connectivity index (χ2v) is 10.1. The predicted octanol–water partition coefficient (Wildman–Crippen LogP) is 5.34. The number of thiol groups is 2. The monoisotopic (exact) mass is 390 g/mol. The normalized spacial score (nSPS) is 11.1. The van der Waals surface area contributed by atoms with E-state index in [9.17, 15) is 0 Å². The van der Waals surface area contributed by atoms with Gasteiger partial charge in [-0.25, -0.2) is 0 Å². The molecule has 0 aliphatic rings. The Bertz CT molecular complexity index is 150. The summed E-state index contributed by atoms with van der Waals surface area (Å²) in [7, 11) is 0. The van der Waals surface area contributed by atoms with E-state index in [-0.39, 0.29) is 0 Å². The molecule has 6 heteroatoms. The Morgan fingerprint density at radius 3 is 1.10 bits per heavy atom. The number of hydrogen-bond acceptors (Lipinski definition) is 6. The largest absolute Gasteiger partial charge is 0.179 e. The fourth-order valence-corrected chi connectivity index (χ4v) is 6.12. The summed E-state index contributed by atoms with van der Waals surface area (Å²) in [4.78, 5) is 0. The maximum atomic E-state index is 4.22. The molecule has 0 nitrogen and oxygen atoms in total. The molecule has 0 bridgehead atoms. The average Bonchev–Trinajstić information content (AvgIpc) is 2.47. The average molecular weight is 391 g/mol. The molecule has 0 N–H and O–H groups in total. The first kappa shape index (κ1) is 22.1. The second kappa shape index (κ2) is 21.1. The summed E-state index contributed by atoms with van der Waals surface area (Å²) in [5.74, 6) is 12.6. The molecule has 0 aromatic carbocycles. The van der Waals surface area contributed by atoms with Gasteiger partial charge in [-0.3, -0.25) is 0 Å². The van der Waals surface area contributed by atoms with Crippen LogP contribution in [-0.2, 0) is 0 Å². The lowest BCUT2D eigenvalue weighted by Gasteiger charge is -2.03. The highest BCUT2D eigenvalue weighted by molar-refractivity contribution is 8.01. The molecule has 0 unspecified atom stereocenters. The van der Waals surface area contributed by atoms with Crippen LogP contribution in [0.2, 0.25) is 0 Å². The molecule has 0 aliphatic heterocycles. The number of hydrogen-bond donors (Lipinski definition) is 2. The Labute approximate surface area is 154 Å². The fraction of sp³-hybridized carbons (Fsp3) is 1.00. The molecule has 0 saturated carbocycles. The lowest BCUT2D eigenvalue weighted by atomic mass is 10.6. The van der Waals surface area contributed by atoms with Crippen LogP contribution in [0.25, 0.3) is 0 Å². The minimum absolute atomic E-state index is 1.02. The van der Waals surface area contributed by atoms with Gasteiger partial charge in [-0.15, -0.1) is 0 Å². The van der Waals surface area contributed by atoms with Gasteiger partial charge in [0.2, 0.25) is 0 Å². The Balaban J connectivity index is 2.89. The van der Waals surface area contributed by atoms with Gasteiger partial charge in [0.15, 0.2) is 0 Å². The van der Waals surface area contributed by atoms with Crippen molar-refractivity contribution in [3.63, 3.8) is 0 Å². The molecule has 0 atom stereocenters. The second-order valence-electron chi connectivity index (χ2n) is 4.31. The maximum absolute atomic E-state index is 4.22. The smallest absolute Gasteiger partial charge is 0.00210 e. The van der Waals surface area contributed by atoms with E-state index in [2.05, 4.69) is 60.5 Å². The molecule has 0 fully saturated rings. The van der Waals surface area contributed by atoms with Crippen LogP contribution in [0, 0.1) is 0 Å². The van der Waals surface area contributed by atoms with E-state index in [1.165, 1.54) is 71.7 Å². The standard InChI is InChI=1S/C14H30S6/c15-5-1-7-17-8-2-9-18-10-3-11-19-12-4-13-20-14-6-16/h15-16H,1-14H2. The van der Waals surface area contributed by atoms with Crippen LogP contribution in [0.1, 0.15) is 25.7 Å². The van der Waals surface area contributed by atoms with Crippen molar-refractivity contribution in [3.05, 3.63) is 0 Å². The van der Waals surface area contributed by atoms with Gasteiger partial charge in [0.25, 0.3) is 0 Å². The lowest BCUT2D eigenvalue weighted by Crippen LogP contribution is -1.92. The van der Waals surface area contributed by atoms with Gasteiger partial charge < -0.3 is 0 Å². The quantitative estimate of drug-likeness (QED) is 0.254. The highest BCUT2D eigenvalue weighted by Crippen LogP contribution is 2.13. The van der Waals surface area contributed by atoms with Gasteiger partial charge in [0.1, 0.15) is 0 Å². The molecule has 0 rings (SSSR count). The number of rotatable bonds is 17. The molecule has 0 aliphatic carbocycles. The first-order chi connectivity index (χ1) is 9.91. The van der Waals surface area contributed by atoms with Crippen molar-refractivity contribution in [3.8, 4) is 0 Å². The highest BCUT2D eigenvalue weighted by atomic mass is 32.2. The topological polar surface area (TPSA) is 0 Å². The van der Waals surface area contributed by atoms with Crippen LogP contribution < -0.4 is 0 Å². The Kier molecular flexibility index (Phi) is 23.3. The van der Waals surface area contributed by atoms with Gasteiger partial charge >= 0.3 is 0 Å². The van der Waals surface area contributed by atoms with E-state index in [4.69, 9.17) is 0 Å². The van der Waals surface area contributed by atoms with Crippen molar-refractivity contribution < 1.29 is 0 Å². The molecule has 0 aromatic rings. The lowest BCUT2D eigenvalue weighted by molar-refractivity contribution is 1.07. The first-order valence-electron chi connectivity index (χ1n) is 7.44. The zero-order chi connectivity index (χ0) is 14.7. The van der Waals surface area contributed by atoms with Crippen LogP contribution >= 0.6 is 72.3 Å². The molecule has 122 valence electrons. The van der Waals surface area contributed by atoms with Crippen molar-refractivity contribution in [1.82, 2.24) is 0 Å². The molecule has 0 spiro atoms. The van der Waals surface area contributed by atoms with Crippen molar-refractivity contribution >= 4 is 72.3 Å². The minimum atomic E-state index is 1.02. The van der Waals surface area contributed by atoms with Crippen LogP contribution in [0.4, 0.5) is 0 Å². The van der Waals surface area contributed by atoms with Gasteiger partial charge in [0, 0.05) is 5.75 Å². The molecule has 0 amide bonds. The fourth-order valence-electron chi connectivity index (χ4n) is 1.43. The molecular formula is C14H30S6. The van der Waals surface area contributed by atoms with E-state index in [0.717, 1.165) is 11.5 Å². The Hall–Kier alpha value is 2.10. The molecule has 0 aromatic heterocycles. The molecule has 20 heavy (non-hydrogen) atoms. The van der Waals surface area contributed by atoms with Gasteiger partial charge in [-0.05, 0) is 77.5 Å².